The third-order valence-electron chi connectivity index (χ3n) is 5.74. The van der Waals surface area contributed by atoms with Crippen LogP contribution >= 0.6 is 0 Å². The third-order valence-corrected chi connectivity index (χ3v) is 5.74. The number of aryl methyl sites for hydroxylation is 2. The summed E-state index contributed by atoms with van der Waals surface area (Å²) in [5, 5.41) is 10.2. The molecule has 0 bridgehead atoms. The minimum atomic E-state index is -0.360. The number of aromatic amines is 1. The van der Waals surface area contributed by atoms with Crippen molar-refractivity contribution in [2.45, 2.75) is 26.0 Å². The number of imidazole rings is 1. The number of nitrogens with one attached hydrogen (secondary N) is 1. The molecule has 6 nitrogen and oxygen atoms in total. The summed E-state index contributed by atoms with van der Waals surface area (Å²) in [7, 11) is 1.56. The smallest absolute Gasteiger partial charge is 0.146 e. The van der Waals surface area contributed by atoms with Crippen LogP contribution in [0.4, 0.5) is 4.39 Å². The first-order valence-electron chi connectivity index (χ1n) is 10.1. The Kier molecular flexibility index (Phi) is 4.72. The molecule has 5 rings (SSSR count). The highest BCUT2D eigenvalue weighted by atomic mass is 19.1. The molecule has 0 aliphatic carbocycles. The van der Waals surface area contributed by atoms with E-state index < -0.39 is 0 Å². The molecule has 1 N–H and O–H groups in total. The molecule has 1 atom stereocenters. The molecule has 7 heteroatoms. The van der Waals surface area contributed by atoms with Crippen LogP contribution in [0, 0.1) is 24.1 Å². The van der Waals surface area contributed by atoms with Crippen molar-refractivity contribution in [2.75, 3.05) is 13.7 Å². The fourth-order valence-electron chi connectivity index (χ4n) is 4.24. The number of halogens is 1. The Balaban J connectivity index is 1.61. The van der Waals surface area contributed by atoms with Gasteiger partial charge in [-0.05, 0) is 54.8 Å². The van der Waals surface area contributed by atoms with Crippen molar-refractivity contribution < 1.29 is 13.9 Å². The van der Waals surface area contributed by atoms with Crippen molar-refractivity contribution in [1.82, 2.24) is 14.5 Å². The molecule has 0 saturated carbocycles. The van der Waals surface area contributed by atoms with E-state index in [9.17, 15) is 9.65 Å². The van der Waals surface area contributed by atoms with E-state index in [1.54, 1.807) is 19.2 Å². The fraction of sp³-hybridized carbons (Fsp3) is 0.250. The van der Waals surface area contributed by atoms with Crippen molar-refractivity contribution in [3.05, 3.63) is 70.9 Å². The number of aromatic nitrogens is 3. The van der Waals surface area contributed by atoms with Gasteiger partial charge in [0.2, 0.25) is 0 Å². The van der Waals surface area contributed by atoms with E-state index in [1.807, 2.05) is 25.3 Å². The topological polar surface area (TPSA) is 75.9 Å². The Bertz CT molecular complexity index is 1330. The molecule has 31 heavy (non-hydrogen) atoms. The summed E-state index contributed by atoms with van der Waals surface area (Å²) in [6.07, 6.45) is 2.52. The van der Waals surface area contributed by atoms with Crippen LogP contribution in [0.5, 0.6) is 5.75 Å². The molecule has 2 aromatic carbocycles. The molecular formula is C24H21FN4O2. The molecule has 0 radical (unpaired) electrons. The maximum absolute atomic E-state index is 13.6. The van der Waals surface area contributed by atoms with E-state index >= 15 is 0 Å². The monoisotopic (exact) mass is 416 g/mol. The summed E-state index contributed by atoms with van der Waals surface area (Å²) in [5.41, 5.74) is 4.72. The van der Waals surface area contributed by atoms with Crippen LogP contribution in [-0.2, 0) is 11.3 Å². The SMILES string of the molecule is COc1c(C#N)ccc2[nH]c(-c3cn4c(n3)C(c3ccc(F)cc3C)OCCC4)cc12. The third kappa shape index (κ3) is 3.25. The Morgan fingerprint density at radius 3 is 2.94 bits per heavy atom. The Hall–Kier alpha value is -3.63. The molecule has 1 aliphatic heterocycles. The van der Waals surface area contributed by atoms with Crippen LogP contribution in [-0.4, -0.2) is 28.3 Å². The highest BCUT2D eigenvalue weighted by Crippen LogP contribution is 2.35. The molecule has 0 fully saturated rings. The number of H-pyrrole nitrogens is 1. The van der Waals surface area contributed by atoms with Gasteiger partial charge in [0.1, 0.15) is 35.3 Å². The molecule has 1 unspecified atom stereocenters. The summed E-state index contributed by atoms with van der Waals surface area (Å²) in [5.74, 6) is 1.08. The molecule has 2 aromatic heterocycles. The second-order valence-corrected chi connectivity index (χ2v) is 7.69. The van der Waals surface area contributed by atoms with Gasteiger partial charge in [0.15, 0.2) is 0 Å². The highest BCUT2D eigenvalue weighted by Gasteiger charge is 2.26. The zero-order valence-corrected chi connectivity index (χ0v) is 17.3. The number of hydrogen-bond acceptors (Lipinski definition) is 4. The largest absolute Gasteiger partial charge is 0.495 e. The summed E-state index contributed by atoms with van der Waals surface area (Å²) >= 11 is 0. The van der Waals surface area contributed by atoms with Crippen LogP contribution in [0.25, 0.3) is 22.3 Å². The molecule has 0 amide bonds. The van der Waals surface area contributed by atoms with Crippen LogP contribution in [0.1, 0.15) is 35.0 Å². The van der Waals surface area contributed by atoms with Crippen LogP contribution in [0.15, 0.2) is 42.6 Å². The molecule has 1 aliphatic rings. The van der Waals surface area contributed by atoms with Crippen molar-refractivity contribution in [3.63, 3.8) is 0 Å². The van der Waals surface area contributed by atoms with E-state index in [4.69, 9.17) is 14.5 Å². The first-order valence-corrected chi connectivity index (χ1v) is 10.1. The van der Waals surface area contributed by atoms with Crippen LogP contribution in [0.3, 0.4) is 0 Å². The number of benzene rings is 2. The molecule has 0 saturated heterocycles. The van der Waals surface area contributed by atoms with E-state index in [2.05, 4.69) is 15.6 Å². The quantitative estimate of drug-likeness (QED) is 0.517. The fourth-order valence-corrected chi connectivity index (χ4v) is 4.24. The van der Waals surface area contributed by atoms with E-state index in [-0.39, 0.29) is 11.9 Å². The molecule has 3 heterocycles. The number of hydrogen-bond donors (Lipinski definition) is 1. The number of methoxy groups -OCH3 is 1. The van der Waals surface area contributed by atoms with E-state index in [0.717, 1.165) is 52.2 Å². The molecule has 156 valence electrons. The van der Waals surface area contributed by atoms with Crippen molar-refractivity contribution in [3.8, 4) is 23.2 Å². The molecular weight excluding hydrogens is 395 g/mol. The second kappa shape index (κ2) is 7.56. The summed E-state index contributed by atoms with van der Waals surface area (Å²) < 4.78 is 27.4. The molecule has 4 aromatic rings. The number of fused-ring (bicyclic) bond motifs is 2. The zero-order chi connectivity index (χ0) is 21.5. The minimum absolute atomic E-state index is 0.261. The first-order chi connectivity index (χ1) is 15.1. The van der Waals surface area contributed by atoms with Gasteiger partial charge in [-0.25, -0.2) is 9.37 Å². The predicted octanol–water partition coefficient (Wildman–Crippen LogP) is 4.87. The lowest BCUT2D eigenvalue weighted by Gasteiger charge is -2.17. The second-order valence-electron chi connectivity index (χ2n) is 7.69. The summed E-state index contributed by atoms with van der Waals surface area (Å²) in [6.45, 7) is 3.29. The van der Waals surface area contributed by atoms with Gasteiger partial charge >= 0.3 is 0 Å². The van der Waals surface area contributed by atoms with Crippen LogP contribution < -0.4 is 4.74 Å². The van der Waals surface area contributed by atoms with Crippen molar-refractivity contribution >= 4 is 10.9 Å². The predicted molar refractivity (Wildman–Crippen MR) is 114 cm³/mol. The standard InChI is InChI=1S/C24H21FN4O2/c1-14-10-16(25)5-6-17(14)23-24-28-21(13-29(24)8-3-9-31-23)20-11-18-19(27-20)7-4-15(12-26)22(18)30-2/h4-7,10-11,13,23,27H,3,8-9H2,1-2H3. The van der Waals surface area contributed by atoms with Crippen molar-refractivity contribution in [2.24, 2.45) is 0 Å². The lowest BCUT2D eigenvalue weighted by atomic mass is 10.0. The number of ether oxygens (including phenoxy) is 2. The Morgan fingerprint density at radius 2 is 2.16 bits per heavy atom. The van der Waals surface area contributed by atoms with Gasteiger partial charge in [0.25, 0.3) is 0 Å². The number of nitriles is 1. The van der Waals surface area contributed by atoms with Gasteiger partial charge in [-0.3, -0.25) is 0 Å². The van der Waals surface area contributed by atoms with Crippen LogP contribution in [0.2, 0.25) is 0 Å². The number of nitrogens with zero attached hydrogens (tertiary/aromatic N) is 3. The molecule has 0 spiro atoms. The van der Waals surface area contributed by atoms with Gasteiger partial charge in [0.05, 0.1) is 18.4 Å². The minimum Gasteiger partial charge on any atom is -0.495 e. The normalized spacial score (nSPS) is 16.0. The summed E-state index contributed by atoms with van der Waals surface area (Å²) in [6, 6.07) is 12.5. The lowest BCUT2D eigenvalue weighted by molar-refractivity contribution is 0.0808. The lowest BCUT2D eigenvalue weighted by Crippen LogP contribution is -2.11. The van der Waals surface area contributed by atoms with Gasteiger partial charge in [-0.2, -0.15) is 5.26 Å². The first kappa shape index (κ1) is 19.3. The van der Waals surface area contributed by atoms with E-state index in [1.165, 1.54) is 12.1 Å². The Labute approximate surface area is 178 Å². The van der Waals surface area contributed by atoms with E-state index in [0.29, 0.717) is 17.9 Å². The maximum Gasteiger partial charge on any atom is 0.146 e. The highest BCUT2D eigenvalue weighted by molar-refractivity contribution is 5.92. The van der Waals surface area contributed by atoms with Gasteiger partial charge in [0, 0.05) is 30.3 Å². The number of rotatable bonds is 3. The average molecular weight is 416 g/mol. The van der Waals surface area contributed by atoms with Gasteiger partial charge in [-0.1, -0.05) is 6.07 Å². The van der Waals surface area contributed by atoms with Gasteiger partial charge < -0.3 is 19.0 Å². The Morgan fingerprint density at radius 1 is 1.29 bits per heavy atom. The average Bonchev–Trinajstić information content (AvgIpc) is 3.33. The van der Waals surface area contributed by atoms with Crippen molar-refractivity contribution in [1.29, 1.82) is 5.26 Å². The summed E-state index contributed by atoms with van der Waals surface area (Å²) in [4.78, 5) is 8.28. The van der Waals surface area contributed by atoms with Gasteiger partial charge in [-0.15, -0.1) is 0 Å². The zero-order valence-electron chi connectivity index (χ0n) is 17.3. The maximum atomic E-state index is 13.6.